The molecule has 6 nitrogen and oxygen atoms in total. The van der Waals surface area contributed by atoms with E-state index in [-0.39, 0.29) is 17.9 Å². The summed E-state index contributed by atoms with van der Waals surface area (Å²) >= 11 is 0. The third-order valence-electron chi connectivity index (χ3n) is 5.03. The summed E-state index contributed by atoms with van der Waals surface area (Å²) in [5.41, 5.74) is 3.26. The lowest BCUT2D eigenvalue weighted by Crippen LogP contribution is -2.27. The van der Waals surface area contributed by atoms with E-state index >= 15 is 0 Å². The average molecular weight is 418 g/mol. The molecule has 2 N–H and O–H groups in total. The van der Waals surface area contributed by atoms with Gasteiger partial charge in [-0.1, -0.05) is 24.3 Å². The van der Waals surface area contributed by atoms with E-state index in [1.54, 1.807) is 62.8 Å². The lowest BCUT2D eigenvalue weighted by molar-refractivity contribution is 0.0938. The van der Waals surface area contributed by atoms with Crippen LogP contribution in [0.1, 0.15) is 44.8 Å². The van der Waals surface area contributed by atoms with E-state index in [9.17, 15) is 9.59 Å². The highest BCUT2D eigenvalue weighted by molar-refractivity contribution is 6.05. The molecule has 2 amide bonds. The van der Waals surface area contributed by atoms with E-state index in [0.29, 0.717) is 28.3 Å². The van der Waals surface area contributed by atoms with Crippen molar-refractivity contribution in [3.8, 4) is 11.5 Å². The number of ether oxygens (including phenoxy) is 2. The van der Waals surface area contributed by atoms with Gasteiger partial charge in [0.25, 0.3) is 11.8 Å². The van der Waals surface area contributed by atoms with Gasteiger partial charge < -0.3 is 20.1 Å². The van der Waals surface area contributed by atoms with Crippen molar-refractivity contribution in [2.75, 3.05) is 19.5 Å². The summed E-state index contributed by atoms with van der Waals surface area (Å²) in [7, 11) is 3.17. The molecule has 0 aromatic heterocycles. The minimum atomic E-state index is -0.318. The average Bonchev–Trinajstić information content (AvgIpc) is 2.80. The van der Waals surface area contributed by atoms with Crippen LogP contribution in [0.3, 0.4) is 0 Å². The van der Waals surface area contributed by atoms with E-state index < -0.39 is 0 Å². The maximum absolute atomic E-state index is 12.9. The second-order valence-corrected chi connectivity index (χ2v) is 7.15. The molecule has 1 atom stereocenters. The van der Waals surface area contributed by atoms with Crippen molar-refractivity contribution in [2.45, 2.75) is 19.9 Å². The van der Waals surface area contributed by atoms with Gasteiger partial charge in [0.2, 0.25) is 0 Å². The fourth-order valence-corrected chi connectivity index (χ4v) is 3.22. The van der Waals surface area contributed by atoms with Crippen molar-refractivity contribution in [3.05, 3.63) is 89.0 Å². The van der Waals surface area contributed by atoms with Gasteiger partial charge in [0.15, 0.2) is 0 Å². The molecule has 0 aliphatic heterocycles. The predicted molar refractivity (Wildman–Crippen MR) is 121 cm³/mol. The highest BCUT2D eigenvalue weighted by atomic mass is 16.5. The van der Waals surface area contributed by atoms with E-state index in [4.69, 9.17) is 9.47 Å². The van der Waals surface area contributed by atoms with Crippen LogP contribution < -0.4 is 20.1 Å². The fourth-order valence-electron chi connectivity index (χ4n) is 3.22. The van der Waals surface area contributed by atoms with Gasteiger partial charge in [-0.15, -0.1) is 0 Å². The Morgan fingerprint density at radius 2 is 1.58 bits per heavy atom. The van der Waals surface area contributed by atoms with Crippen molar-refractivity contribution >= 4 is 17.5 Å². The second-order valence-electron chi connectivity index (χ2n) is 7.15. The normalized spacial score (nSPS) is 11.4. The number of rotatable bonds is 7. The minimum Gasteiger partial charge on any atom is -0.497 e. The first-order valence-electron chi connectivity index (χ1n) is 9.92. The Kier molecular flexibility index (Phi) is 6.92. The molecule has 0 aliphatic rings. The molecule has 3 aromatic carbocycles. The van der Waals surface area contributed by atoms with E-state index in [1.165, 1.54) is 0 Å². The monoisotopic (exact) mass is 418 g/mol. The standard InChI is InChI=1S/C25H26N2O4/c1-16-10-11-19(14-22(16)27-24(28)18-8-6-5-7-9-18)25(29)26-17(2)21-15-20(30-3)12-13-23(21)31-4/h5-15,17H,1-4H3,(H,26,29)(H,27,28)/t17-/m1/s1. The molecular formula is C25H26N2O4. The molecule has 3 aromatic rings. The number of benzene rings is 3. The van der Waals surface area contributed by atoms with Crippen LogP contribution in [-0.2, 0) is 0 Å². The number of amides is 2. The quantitative estimate of drug-likeness (QED) is 0.580. The molecule has 31 heavy (non-hydrogen) atoms. The Labute approximate surface area is 182 Å². The molecule has 0 spiro atoms. The number of hydrogen-bond donors (Lipinski definition) is 2. The van der Waals surface area contributed by atoms with Crippen LogP contribution in [0.5, 0.6) is 11.5 Å². The van der Waals surface area contributed by atoms with Gasteiger partial charge in [-0.05, 0) is 61.9 Å². The summed E-state index contributed by atoms with van der Waals surface area (Å²) in [5, 5.41) is 5.87. The number of carbonyl (C=O) groups is 2. The van der Waals surface area contributed by atoms with E-state index in [2.05, 4.69) is 10.6 Å². The molecule has 160 valence electrons. The molecule has 0 saturated heterocycles. The van der Waals surface area contributed by atoms with Crippen LogP contribution >= 0.6 is 0 Å². The van der Waals surface area contributed by atoms with Gasteiger partial charge in [0, 0.05) is 22.4 Å². The molecule has 0 heterocycles. The Morgan fingerprint density at radius 3 is 2.26 bits per heavy atom. The number of carbonyl (C=O) groups excluding carboxylic acids is 2. The largest absolute Gasteiger partial charge is 0.497 e. The van der Waals surface area contributed by atoms with Crippen molar-refractivity contribution in [2.24, 2.45) is 0 Å². The Bertz CT molecular complexity index is 1080. The number of aryl methyl sites for hydroxylation is 1. The van der Waals surface area contributed by atoms with Gasteiger partial charge in [-0.3, -0.25) is 9.59 Å². The lowest BCUT2D eigenvalue weighted by atomic mass is 10.0. The summed E-state index contributed by atoms with van der Waals surface area (Å²) in [4.78, 5) is 25.4. The minimum absolute atomic E-state index is 0.226. The summed E-state index contributed by atoms with van der Waals surface area (Å²) in [5.74, 6) is 0.856. The van der Waals surface area contributed by atoms with Crippen LogP contribution in [0.4, 0.5) is 5.69 Å². The third-order valence-corrected chi connectivity index (χ3v) is 5.03. The molecule has 0 fully saturated rings. The van der Waals surface area contributed by atoms with Crippen molar-refractivity contribution < 1.29 is 19.1 Å². The van der Waals surface area contributed by atoms with E-state index in [0.717, 1.165) is 11.1 Å². The number of hydrogen-bond acceptors (Lipinski definition) is 4. The summed E-state index contributed by atoms with van der Waals surface area (Å²) in [6.07, 6.45) is 0. The first kappa shape index (κ1) is 21.9. The summed E-state index contributed by atoms with van der Waals surface area (Å²) in [6.45, 7) is 3.76. The first-order valence-corrected chi connectivity index (χ1v) is 9.92. The van der Waals surface area contributed by atoms with Crippen LogP contribution in [0.15, 0.2) is 66.7 Å². The SMILES string of the molecule is COc1ccc(OC)c([C@@H](C)NC(=O)c2ccc(C)c(NC(=O)c3ccccc3)c2)c1. The Hall–Kier alpha value is -3.80. The lowest BCUT2D eigenvalue weighted by Gasteiger charge is -2.19. The molecule has 0 bridgehead atoms. The summed E-state index contributed by atoms with van der Waals surface area (Å²) in [6, 6.07) is 19.3. The van der Waals surface area contributed by atoms with E-state index in [1.807, 2.05) is 32.0 Å². The number of nitrogens with one attached hydrogen (secondary N) is 2. The highest BCUT2D eigenvalue weighted by Crippen LogP contribution is 2.29. The van der Waals surface area contributed by atoms with Crippen LogP contribution in [0.25, 0.3) is 0 Å². The van der Waals surface area contributed by atoms with Gasteiger partial charge in [-0.2, -0.15) is 0 Å². The zero-order valence-corrected chi connectivity index (χ0v) is 18.1. The molecule has 0 aliphatic carbocycles. The molecule has 6 heteroatoms. The Balaban J connectivity index is 1.78. The molecule has 0 saturated carbocycles. The second kappa shape index (κ2) is 9.80. The maximum atomic E-state index is 12.9. The highest BCUT2D eigenvalue weighted by Gasteiger charge is 2.17. The topological polar surface area (TPSA) is 76.7 Å². The molecule has 0 radical (unpaired) electrons. The van der Waals surface area contributed by atoms with Crippen LogP contribution in [-0.4, -0.2) is 26.0 Å². The van der Waals surface area contributed by atoms with Crippen molar-refractivity contribution in [1.82, 2.24) is 5.32 Å². The smallest absolute Gasteiger partial charge is 0.255 e. The first-order chi connectivity index (χ1) is 14.9. The molecular weight excluding hydrogens is 392 g/mol. The van der Waals surface area contributed by atoms with Gasteiger partial charge in [0.05, 0.1) is 20.3 Å². The van der Waals surface area contributed by atoms with Gasteiger partial charge >= 0.3 is 0 Å². The van der Waals surface area contributed by atoms with Crippen molar-refractivity contribution in [1.29, 1.82) is 0 Å². The number of anilines is 1. The number of methoxy groups -OCH3 is 2. The van der Waals surface area contributed by atoms with Crippen LogP contribution in [0.2, 0.25) is 0 Å². The fraction of sp³-hybridized carbons (Fsp3) is 0.200. The Morgan fingerprint density at radius 1 is 0.839 bits per heavy atom. The maximum Gasteiger partial charge on any atom is 0.255 e. The molecule has 3 rings (SSSR count). The zero-order chi connectivity index (χ0) is 22.4. The van der Waals surface area contributed by atoms with Crippen molar-refractivity contribution in [3.63, 3.8) is 0 Å². The third kappa shape index (κ3) is 5.22. The predicted octanol–water partition coefficient (Wildman–Crippen LogP) is 4.76. The summed E-state index contributed by atoms with van der Waals surface area (Å²) < 4.78 is 10.7. The molecule has 0 unspecified atom stereocenters. The van der Waals surface area contributed by atoms with Gasteiger partial charge in [-0.25, -0.2) is 0 Å². The van der Waals surface area contributed by atoms with Crippen LogP contribution in [0, 0.1) is 6.92 Å². The van der Waals surface area contributed by atoms with Gasteiger partial charge in [0.1, 0.15) is 11.5 Å². The zero-order valence-electron chi connectivity index (χ0n) is 18.1.